The van der Waals surface area contributed by atoms with E-state index in [4.69, 9.17) is 16.3 Å². The molecule has 13 heteroatoms. The van der Waals surface area contributed by atoms with E-state index in [0.717, 1.165) is 11.3 Å². The number of hydrogen-bond acceptors (Lipinski definition) is 7. The topological polar surface area (TPSA) is 141 Å². The number of morpholine rings is 1. The molecule has 1 amide bonds. The van der Waals surface area contributed by atoms with Crippen LogP contribution in [0.2, 0.25) is 0 Å². The van der Waals surface area contributed by atoms with Gasteiger partial charge in [-0.3, -0.25) is 4.79 Å². The third-order valence-corrected chi connectivity index (χ3v) is 9.35. The fourth-order valence-electron chi connectivity index (χ4n) is 3.96. The summed E-state index contributed by atoms with van der Waals surface area (Å²) in [6, 6.07) is 9.88. The van der Waals surface area contributed by atoms with Gasteiger partial charge in [-0.25, -0.2) is 22.0 Å². The molecule has 1 aromatic heterocycles. The van der Waals surface area contributed by atoms with Gasteiger partial charge in [0, 0.05) is 18.7 Å². The standard InChI is InChI=1S/C23H24N4O6S3/c1-4-11-27-20-10-9-19(35(24,29)30)12-21(20)34-23(27)25-22(28)17-5-7-18(8-6-17)36(31,32)26-13-15(2)33-16(3)14-26/h1,5-10,12,15-16H,11,13-14H2,2-3H3,(H2,24,29,30)/t15-,16-/m1/s1. The van der Waals surface area contributed by atoms with Crippen molar-refractivity contribution in [3.63, 3.8) is 0 Å². The lowest BCUT2D eigenvalue weighted by Crippen LogP contribution is -2.48. The highest BCUT2D eigenvalue weighted by atomic mass is 32.2. The van der Waals surface area contributed by atoms with Crippen LogP contribution in [-0.4, -0.2) is 56.9 Å². The first-order chi connectivity index (χ1) is 16.9. The Hall–Kier alpha value is -2.86. The zero-order valence-electron chi connectivity index (χ0n) is 19.5. The molecule has 36 heavy (non-hydrogen) atoms. The van der Waals surface area contributed by atoms with Crippen LogP contribution in [-0.2, 0) is 31.3 Å². The first-order valence-corrected chi connectivity index (χ1v) is 14.6. The number of nitrogens with zero attached hydrogens (tertiary/aromatic N) is 3. The number of benzene rings is 2. The van der Waals surface area contributed by atoms with Crippen LogP contribution in [0, 0.1) is 12.3 Å². The summed E-state index contributed by atoms with van der Waals surface area (Å²) in [6.45, 7) is 4.23. The molecule has 0 bridgehead atoms. The molecule has 190 valence electrons. The van der Waals surface area contributed by atoms with Crippen molar-refractivity contribution in [1.29, 1.82) is 0 Å². The number of ether oxygens (including phenoxy) is 1. The summed E-state index contributed by atoms with van der Waals surface area (Å²) in [7, 11) is -7.66. The van der Waals surface area contributed by atoms with Crippen molar-refractivity contribution in [3.8, 4) is 12.3 Å². The van der Waals surface area contributed by atoms with E-state index < -0.39 is 26.0 Å². The van der Waals surface area contributed by atoms with E-state index in [0.29, 0.717) is 10.2 Å². The highest BCUT2D eigenvalue weighted by Gasteiger charge is 2.32. The van der Waals surface area contributed by atoms with Gasteiger partial charge < -0.3 is 9.30 Å². The van der Waals surface area contributed by atoms with Gasteiger partial charge in [-0.1, -0.05) is 17.3 Å². The van der Waals surface area contributed by atoms with Crippen molar-refractivity contribution in [2.45, 2.75) is 42.4 Å². The Kier molecular flexibility index (Phi) is 7.20. The Morgan fingerprint density at radius 3 is 2.31 bits per heavy atom. The number of fused-ring (bicyclic) bond motifs is 1. The second-order valence-electron chi connectivity index (χ2n) is 8.37. The fraction of sp³-hybridized carbons (Fsp3) is 0.304. The first-order valence-electron chi connectivity index (χ1n) is 10.8. The molecule has 0 spiro atoms. The minimum Gasteiger partial charge on any atom is -0.373 e. The Morgan fingerprint density at radius 2 is 1.72 bits per heavy atom. The van der Waals surface area contributed by atoms with Gasteiger partial charge in [0.25, 0.3) is 5.91 Å². The van der Waals surface area contributed by atoms with Crippen molar-refractivity contribution in [3.05, 3.63) is 52.8 Å². The van der Waals surface area contributed by atoms with Gasteiger partial charge in [0.15, 0.2) is 4.80 Å². The van der Waals surface area contributed by atoms with Crippen LogP contribution >= 0.6 is 11.3 Å². The van der Waals surface area contributed by atoms with E-state index in [2.05, 4.69) is 10.9 Å². The number of nitrogens with two attached hydrogens (primary N) is 1. The molecule has 10 nitrogen and oxygen atoms in total. The molecule has 2 N–H and O–H groups in total. The third kappa shape index (κ3) is 5.29. The van der Waals surface area contributed by atoms with E-state index in [1.165, 1.54) is 40.7 Å². The van der Waals surface area contributed by atoms with Gasteiger partial charge in [0.05, 0.1) is 38.8 Å². The van der Waals surface area contributed by atoms with Crippen LogP contribution in [0.5, 0.6) is 0 Å². The maximum Gasteiger partial charge on any atom is 0.279 e. The molecule has 0 radical (unpaired) electrons. The molecular weight excluding hydrogens is 524 g/mol. The van der Waals surface area contributed by atoms with Crippen molar-refractivity contribution < 1.29 is 26.4 Å². The lowest BCUT2D eigenvalue weighted by Gasteiger charge is -2.34. The average molecular weight is 549 g/mol. The molecule has 2 aromatic carbocycles. The van der Waals surface area contributed by atoms with Crippen molar-refractivity contribution >= 4 is 47.5 Å². The molecular formula is C23H24N4O6S3. The summed E-state index contributed by atoms with van der Waals surface area (Å²) < 4.78 is 58.7. The van der Waals surface area contributed by atoms with E-state index in [9.17, 15) is 21.6 Å². The SMILES string of the molecule is C#CCn1c(=NC(=O)c2ccc(S(=O)(=O)N3C[C@@H](C)O[C@H](C)C3)cc2)sc2cc(S(N)(=O)=O)ccc21. The molecule has 1 aliphatic heterocycles. The molecule has 2 heterocycles. The van der Waals surface area contributed by atoms with Crippen LogP contribution in [0.3, 0.4) is 0 Å². The van der Waals surface area contributed by atoms with Crippen LogP contribution < -0.4 is 9.94 Å². The second-order valence-corrected chi connectivity index (χ2v) is 12.9. The number of aromatic nitrogens is 1. The quantitative estimate of drug-likeness (QED) is 0.479. The lowest BCUT2D eigenvalue weighted by atomic mass is 10.2. The molecule has 4 rings (SSSR count). The molecule has 3 aromatic rings. The Labute approximate surface area is 213 Å². The number of thiazole rings is 1. The predicted octanol–water partition coefficient (Wildman–Crippen LogP) is 1.52. The van der Waals surface area contributed by atoms with Crippen molar-refractivity contribution in [2.75, 3.05) is 13.1 Å². The zero-order valence-corrected chi connectivity index (χ0v) is 21.9. The highest BCUT2D eigenvalue weighted by Crippen LogP contribution is 2.23. The molecule has 1 aliphatic rings. The fourth-order valence-corrected chi connectivity index (χ4v) is 7.23. The van der Waals surface area contributed by atoms with E-state index >= 15 is 0 Å². The van der Waals surface area contributed by atoms with Crippen LogP contribution in [0.15, 0.2) is 57.2 Å². The number of sulfonamides is 2. The second kappa shape index (κ2) is 9.89. The van der Waals surface area contributed by atoms with Gasteiger partial charge >= 0.3 is 0 Å². The van der Waals surface area contributed by atoms with E-state index in [1.807, 2.05) is 13.8 Å². The molecule has 0 saturated carbocycles. The van der Waals surface area contributed by atoms with Gasteiger partial charge in [0.2, 0.25) is 20.0 Å². The number of primary sulfonamides is 1. The van der Waals surface area contributed by atoms with Crippen molar-refractivity contribution in [1.82, 2.24) is 8.87 Å². The number of amides is 1. The Morgan fingerprint density at radius 1 is 1.11 bits per heavy atom. The van der Waals surface area contributed by atoms with E-state index in [1.54, 1.807) is 10.6 Å². The van der Waals surface area contributed by atoms with E-state index in [-0.39, 0.29) is 52.0 Å². The monoisotopic (exact) mass is 548 g/mol. The molecule has 1 saturated heterocycles. The molecule has 0 aliphatic carbocycles. The smallest absolute Gasteiger partial charge is 0.279 e. The minimum atomic E-state index is -3.91. The van der Waals surface area contributed by atoms with Crippen LogP contribution in [0.1, 0.15) is 24.2 Å². The number of carbonyl (C=O) groups is 1. The third-order valence-electron chi connectivity index (χ3n) is 5.55. The maximum absolute atomic E-state index is 13.1. The summed E-state index contributed by atoms with van der Waals surface area (Å²) in [4.78, 5) is 17.3. The lowest BCUT2D eigenvalue weighted by molar-refractivity contribution is -0.0440. The predicted molar refractivity (Wildman–Crippen MR) is 135 cm³/mol. The van der Waals surface area contributed by atoms with Crippen molar-refractivity contribution in [2.24, 2.45) is 10.1 Å². The largest absolute Gasteiger partial charge is 0.373 e. The molecule has 1 fully saturated rings. The van der Waals surface area contributed by atoms with Gasteiger partial charge in [-0.2, -0.15) is 9.30 Å². The van der Waals surface area contributed by atoms with Crippen LogP contribution in [0.25, 0.3) is 10.2 Å². The maximum atomic E-state index is 13.1. The van der Waals surface area contributed by atoms with Gasteiger partial charge in [0.1, 0.15) is 0 Å². The minimum absolute atomic E-state index is 0.0668. The van der Waals surface area contributed by atoms with Crippen LogP contribution in [0.4, 0.5) is 0 Å². The summed E-state index contributed by atoms with van der Waals surface area (Å²) in [5.41, 5.74) is 0.792. The summed E-state index contributed by atoms with van der Waals surface area (Å²) >= 11 is 1.09. The van der Waals surface area contributed by atoms with Gasteiger partial charge in [-0.05, 0) is 56.3 Å². The van der Waals surface area contributed by atoms with Gasteiger partial charge in [-0.15, -0.1) is 6.42 Å². The molecule has 2 atom stereocenters. The normalized spacial score (nSPS) is 19.9. The molecule has 0 unspecified atom stereocenters. The number of hydrogen-bond donors (Lipinski definition) is 1. The summed E-state index contributed by atoms with van der Waals surface area (Å²) in [5.74, 6) is 1.90. The zero-order chi connectivity index (χ0) is 26.3. The summed E-state index contributed by atoms with van der Waals surface area (Å²) in [6.07, 6.45) is 5.04. The number of rotatable bonds is 5. The Bertz CT molecular complexity index is 1640. The highest BCUT2D eigenvalue weighted by molar-refractivity contribution is 7.89. The summed E-state index contributed by atoms with van der Waals surface area (Å²) in [5, 5.41) is 5.22. The number of carbonyl (C=O) groups excluding carboxylic acids is 1. The average Bonchev–Trinajstić information content (AvgIpc) is 3.14. The Balaban J connectivity index is 1.67. The first kappa shape index (κ1) is 26.2. The number of terminal acetylenes is 1.